The van der Waals surface area contributed by atoms with Gasteiger partial charge < -0.3 is 14.5 Å². The fourth-order valence-corrected chi connectivity index (χ4v) is 1.17. The molecule has 13 heavy (non-hydrogen) atoms. The van der Waals surface area contributed by atoms with Crippen molar-refractivity contribution in [2.75, 3.05) is 7.11 Å². The van der Waals surface area contributed by atoms with E-state index in [0.29, 0.717) is 0 Å². The molecule has 3 nitrogen and oxygen atoms in total. The Morgan fingerprint density at radius 2 is 1.85 bits per heavy atom. The van der Waals surface area contributed by atoms with Crippen LogP contribution in [0, 0.1) is 0 Å². The van der Waals surface area contributed by atoms with E-state index in [-0.39, 0.29) is 0 Å². The molecular formula is C9H11O3P. The lowest BCUT2D eigenvalue weighted by molar-refractivity contribution is 0.415. The van der Waals surface area contributed by atoms with Crippen molar-refractivity contribution < 1.29 is 14.5 Å². The third-order valence-electron chi connectivity index (χ3n) is 1.52. The highest BCUT2D eigenvalue weighted by Gasteiger charge is 1.91. The molecule has 1 aromatic carbocycles. The van der Waals surface area contributed by atoms with Crippen LogP contribution in [-0.2, 0) is 0 Å². The van der Waals surface area contributed by atoms with E-state index < -0.39 is 8.38 Å². The summed E-state index contributed by atoms with van der Waals surface area (Å²) in [4.78, 5) is 17.2. The normalized spacial score (nSPS) is 11.1. The average Bonchev–Trinajstić information content (AvgIpc) is 2.15. The molecule has 0 saturated heterocycles. The van der Waals surface area contributed by atoms with Crippen molar-refractivity contribution in [2.45, 2.75) is 0 Å². The highest BCUT2D eigenvalue weighted by molar-refractivity contribution is 7.48. The van der Waals surface area contributed by atoms with Gasteiger partial charge in [-0.25, -0.2) is 0 Å². The number of rotatable bonds is 3. The summed E-state index contributed by atoms with van der Waals surface area (Å²) in [5.74, 6) is 2.14. The number of hydrogen-bond donors (Lipinski definition) is 2. The van der Waals surface area contributed by atoms with Crippen molar-refractivity contribution in [1.82, 2.24) is 0 Å². The molecule has 0 aromatic heterocycles. The third-order valence-corrected chi connectivity index (χ3v) is 1.93. The first-order valence-electron chi connectivity index (χ1n) is 3.71. The number of methoxy groups -OCH3 is 1. The minimum absolute atomic E-state index is 0.785. The minimum Gasteiger partial charge on any atom is -0.497 e. The Morgan fingerprint density at radius 3 is 2.31 bits per heavy atom. The first kappa shape index (κ1) is 10.2. The second-order valence-corrected chi connectivity index (χ2v) is 3.35. The SMILES string of the molecule is COc1ccc(/C=C/P(O)O)cc1. The summed E-state index contributed by atoms with van der Waals surface area (Å²) in [6.07, 6.45) is 1.66. The summed E-state index contributed by atoms with van der Waals surface area (Å²) in [7, 11) is -0.345. The van der Waals surface area contributed by atoms with Crippen molar-refractivity contribution in [2.24, 2.45) is 0 Å². The standard InChI is InChI=1S/C9H11O3P/c1-12-9-4-2-8(3-5-9)6-7-13(10)11/h2-7,10-11H,1H3/b7-6+. The molecule has 0 aliphatic carbocycles. The molecule has 0 bridgehead atoms. The molecule has 0 spiro atoms. The molecule has 0 saturated carbocycles. The van der Waals surface area contributed by atoms with Crippen LogP contribution in [0.2, 0.25) is 0 Å². The van der Waals surface area contributed by atoms with Gasteiger partial charge in [-0.15, -0.1) is 0 Å². The van der Waals surface area contributed by atoms with Gasteiger partial charge in [-0.2, -0.15) is 0 Å². The molecule has 0 heterocycles. The zero-order chi connectivity index (χ0) is 9.68. The molecule has 1 aromatic rings. The van der Waals surface area contributed by atoms with Crippen LogP contribution in [0.25, 0.3) is 6.08 Å². The van der Waals surface area contributed by atoms with Crippen LogP contribution < -0.4 is 4.74 Å². The lowest BCUT2D eigenvalue weighted by atomic mass is 10.2. The van der Waals surface area contributed by atoms with Crippen molar-refractivity contribution in [3.8, 4) is 5.75 Å². The monoisotopic (exact) mass is 198 g/mol. The lowest BCUT2D eigenvalue weighted by Gasteiger charge is -1.99. The van der Waals surface area contributed by atoms with Gasteiger partial charge in [0.1, 0.15) is 5.75 Å². The van der Waals surface area contributed by atoms with Crippen LogP contribution in [0.4, 0.5) is 0 Å². The van der Waals surface area contributed by atoms with Crippen LogP contribution in [0.3, 0.4) is 0 Å². The van der Waals surface area contributed by atoms with Crippen LogP contribution in [-0.4, -0.2) is 16.9 Å². The van der Waals surface area contributed by atoms with E-state index in [2.05, 4.69) is 0 Å². The topological polar surface area (TPSA) is 49.7 Å². The molecule has 0 unspecified atom stereocenters. The van der Waals surface area contributed by atoms with Gasteiger partial charge in [-0.3, -0.25) is 0 Å². The van der Waals surface area contributed by atoms with Gasteiger partial charge in [-0.1, -0.05) is 12.1 Å². The van der Waals surface area contributed by atoms with Gasteiger partial charge in [0, 0.05) is 0 Å². The second-order valence-electron chi connectivity index (χ2n) is 2.41. The smallest absolute Gasteiger partial charge is 0.191 e. The number of benzene rings is 1. The molecule has 0 atom stereocenters. The Bertz CT molecular complexity index is 279. The van der Waals surface area contributed by atoms with Crippen LogP contribution in [0.15, 0.2) is 30.1 Å². The number of ether oxygens (including phenoxy) is 1. The van der Waals surface area contributed by atoms with Gasteiger partial charge in [0.25, 0.3) is 0 Å². The van der Waals surface area contributed by atoms with Gasteiger partial charge in [0.15, 0.2) is 8.38 Å². The van der Waals surface area contributed by atoms with Crippen molar-refractivity contribution in [3.05, 3.63) is 35.6 Å². The summed E-state index contributed by atoms with van der Waals surface area (Å²) in [5, 5.41) is 0. The Morgan fingerprint density at radius 1 is 1.23 bits per heavy atom. The highest BCUT2D eigenvalue weighted by Crippen LogP contribution is 2.26. The summed E-state index contributed by atoms with van der Waals surface area (Å²) in [6, 6.07) is 7.32. The quantitative estimate of drug-likeness (QED) is 0.730. The van der Waals surface area contributed by atoms with E-state index in [1.165, 1.54) is 5.82 Å². The molecule has 4 heteroatoms. The predicted octanol–water partition coefficient (Wildman–Crippen LogP) is 1.96. The van der Waals surface area contributed by atoms with Crippen LogP contribution in [0.1, 0.15) is 5.56 Å². The van der Waals surface area contributed by atoms with E-state index in [1.54, 1.807) is 13.2 Å². The Labute approximate surface area is 78.2 Å². The van der Waals surface area contributed by atoms with E-state index in [1.807, 2.05) is 24.3 Å². The lowest BCUT2D eigenvalue weighted by Crippen LogP contribution is -1.81. The zero-order valence-electron chi connectivity index (χ0n) is 7.21. The summed E-state index contributed by atoms with van der Waals surface area (Å²) in [5.41, 5.74) is 0.913. The van der Waals surface area contributed by atoms with E-state index >= 15 is 0 Å². The second kappa shape index (κ2) is 4.97. The first-order chi connectivity index (χ1) is 6.22. The van der Waals surface area contributed by atoms with Crippen molar-refractivity contribution in [1.29, 1.82) is 0 Å². The predicted molar refractivity (Wildman–Crippen MR) is 53.4 cm³/mol. The minimum atomic E-state index is -1.95. The number of hydrogen-bond acceptors (Lipinski definition) is 3. The van der Waals surface area contributed by atoms with E-state index in [9.17, 15) is 0 Å². The maximum Gasteiger partial charge on any atom is 0.191 e. The van der Waals surface area contributed by atoms with Crippen molar-refractivity contribution in [3.63, 3.8) is 0 Å². The first-order valence-corrected chi connectivity index (χ1v) is 5.03. The summed E-state index contributed by atoms with van der Waals surface area (Å²) >= 11 is 0. The maximum atomic E-state index is 8.62. The molecule has 0 aliphatic heterocycles. The van der Waals surface area contributed by atoms with Gasteiger partial charge in [0.2, 0.25) is 0 Å². The van der Waals surface area contributed by atoms with Crippen LogP contribution in [0.5, 0.6) is 5.75 Å². The third kappa shape index (κ3) is 3.55. The van der Waals surface area contributed by atoms with Gasteiger partial charge >= 0.3 is 0 Å². The van der Waals surface area contributed by atoms with Crippen LogP contribution >= 0.6 is 8.38 Å². The summed E-state index contributed by atoms with van der Waals surface area (Å²) in [6.45, 7) is 0. The molecule has 1 rings (SSSR count). The van der Waals surface area contributed by atoms with Crippen molar-refractivity contribution >= 4 is 14.5 Å². The fraction of sp³-hybridized carbons (Fsp3) is 0.111. The maximum absolute atomic E-state index is 8.62. The molecule has 0 amide bonds. The highest BCUT2D eigenvalue weighted by atomic mass is 31.2. The summed E-state index contributed by atoms with van der Waals surface area (Å²) < 4.78 is 4.98. The van der Waals surface area contributed by atoms with Gasteiger partial charge in [-0.05, 0) is 29.6 Å². The molecule has 0 aliphatic rings. The molecular weight excluding hydrogens is 187 g/mol. The van der Waals surface area contributed by atoms with Gasteiger partial charge in [0.05, 0.1) is 7.11 Å². The average molecular weight is 198 g/mol. The molecule has 0 radical (unpaired) electrons. The Kier molecular flexibility index (Phi) is 3.90. The Balaban J connectivity index is 2.69. The zero-order valence-corrected chi connectivity index (χ0v) is 8.11. The van der Waals surface area contributed by atoms with E-state index in [0.717, 1.165) is 11.3 Å². The van der Waals surface area contributed by atoms with E-state index in [4.69, 9.17) is 14.5 Å². The largest absolute Gasteiger partial charge is 0.497 e. The molecule has 0 fully saturated rings. The molecule has 2 N–H and O–H groups in total. The fourth-order valence-electron chi connectivity index (χ4n) is 0.868. The Hall–Kier alpha value is -0.890. The molecule has 70 valence electrons.